The molecule has 6 heteroatoms. The van der Waals surface area contributed by atoms with Crippen LogP contribution in [0.15, 0.2) is 150 Å². The highest BCUT2D eigenvalue weighted by molar-refractivity contribution is 7.89. The van der Waals surface area contributed by atoms with Crippen LogP contribution in [0, 0.1) is 6.92 Å². The van der Waals surface area contributed by atoms with Gasteiger partial charge in [0.05, 0.1) is 10.6 Å². The Morgan fingerprint density at radius 1 is 0.725 bits per heavy atom. The molecule has 0 saturated carbocycles. The number of halogens is 1. The van der Waals surface area contributed by atoms with Crippen LogP contribution in [-0.4, -0.2) is 8.42 Å². The topological polar surface area (TPSA) is 46.2 Å². The van der Waals surface area contributed by atoms with Crippen molar-refractivity contribution in [3.05, 3.63) is 167 Å². The third-order valence-corrected chi connectivity index (χ3v) is 10.9. The van der Waals surface area contributed by atoms with Gasteiger partial charge >= 0.3 is 0 Å². The Bertz CT molecular complexity index is 1650. The van der Waals surface area contributed by atoms with Gasteiger partial charge in [0.15, 0.2) is 0 Å². The van der Waals surface area contributed by atoms with Crippen molar-refractivity contribution < 1.29 is 8.42 Å². The van der Waals surface area contributed by atoms with Crippen LogP contribution >= 0.6 is 19.5 Å². The molecule has 0 bridgehead atoms. The lowest BCUT2D eigenvalue weighted by molar-refractivity contribution is 0.591. The first kappa shape index (κ1) is 27.9. The summed E-state index contributed by atoms with van der Waals surface area (Å²) in [5.74, 6) is 0. The number of rotatable bonds is 9. The zero-order valence-corrected chi connectivity index (χ0v) is 24.5. The summed E-state index contributed by atoms with van der Waals surface area (Å²) in [5, 5.41) is 2.99. The predicted octanol–water partition coefficient (Wildman–Crippen LogP) is 7.84. The van der Waals surface area contributed by atoms with Crippen LogP contribution in [0.2, 0.25) is 5.02 Å². The monoisotopic (exact) mass is 581 g/mol. The van der Waals surface area contributed by atoms with Gasteiger partial charge in [-0.2, -0.15) is 0 Å². The van der Waals surface area contributed by atoms with Crippen molar-refractivity contribution in [3.63, 3.8) is 0 Å². The Balaban J connectivity index is 1.72. The molecule has 200 valence electrons. The molecule has 0 fully saturated rings. The molecular weight excluding hydrogens is 553 g/mol. The van der Waals surface area contributed by atoms with Crippen molar-refractivity contribution in [1.29, 1.82) is 0 Å². The number of aryl methyl sites for hydroxylation is 1. The first-order valence-corrected chi connectivity index (χ1v) is 16.2. The third kappa shape index (κ3) is 6.71. The van der Waals surface area contributed by atoms with Gasteiger partial charge in [0.1, 0.15) is 0 Å². The summed E-state index contributed by atoms with van der Waals surface area (Å²) >= 11 is 6.51. The van der Waals surface area contributed by atoms with Crippen molar-refractivity contribution in [2.24, 2.45) is 0 Å². The van der Waals surface area contributed by atoms with Crippen molar-refractivity contribution in [2.75, 3.05) is 0 Å². The van der Waals surface area contributed by atoms with Gasteiger partial charge < -0.3 is 0 Å². The number of hydrogen-bond acceptors (Lipinski definition) is 2. The molecule has 5 aromatic carbocycles. The third-order valence-electron chi connectivity index (χ3n) is 6.52. The van der Waals surface area contributed by atoms with Crippen molar-refractivity contribution in [3.8, 4) is 0 Å². The smallest absolute Gasteiger partial charge is 0.261 e. The SMILES string of the molecule is Cc1ccc(S(=O)(=O)N/C(=C\[C@H](c2cccc(Cl)c2)P(c2ccccc2)c2ccccc2)c2ccccc2)cc1. The Morgan fingerprint density at radius 3 is 1.82 bits per heavy atom. The molecule has 5 rings (SSSR count). The van der Waals surface area contributed by atoms with Crippen LogP contribution < -0.4 is 15.3 Å². The van der Waals surface area contributed by atoms with E-state index in [1.54, 1.807) is 24.3 Å². The number of allylic oxidation sites excluding steroid dienone is 1. The zero-order valence-electron chi connectivity index (χ0n) is 22.0. The molecule has 0 aliphatic heterocycles. The lowest BCUT2D eigenvalue weighted by Gasteiger charge is -2.28. The molecule has 0 radical (unpaired) electrons. The molecule has 1 N–H and O–H groups in total. The Morgan fingerprint density at radius 2 is 1.27 bits per heavy atom. The molecule has 0 aliphatic carbocycles. The molecule has 0 amide bonds. The first-order valence-electron chi connectivity index (χ1n) is 12.9. The highest BCUT2D eigenvalue weighted by atomic mass is 35.5. The minimum Gasteiger partial charge on any atom is -0.279 e. The van der Waals surface area contributed by atoms with Gasteiger partial charge in [-0.05, 0) is 66.9 Å². The van der Waals surface area contributed by atoms with E-state index in [2.05, 4.69) is 41.1 Å². The summed E-state index contributed by atoms with van der Waals surface area (Å²) in [4.78, 5) is 0.215. The summed E-state index contributed by atoms with van der Waals surface area (Å²) in [6.07, 6.45) is 2.05. The van der Waals surface area contributed by atoms with Gasteiger partial charge in [-0.1, -0.05) is 132 Å². The molecule has 0 saturated heterocycles. The van der Waals surface area contributed by atoms with E-state index in [0.717, 1.165) is 16.7 Å². The summed E-state index contributed by atoms with van der Waals surface area (Å²) in [6, 6.07) is 45.1. The van der Waals surface area contributed by atoms with Gasteiger partial charge in [-0.15, -0.1) is 0 Å². The Hall–Kier alpha value is -3.69. The Labute approximate surface area is 243 Å². The van der Waals surface area contributed by atoms with Gasteiger partial charge in [0.25, 0.3) is 10.0 Å². The molecular formula is C34H29ClNO2PS. The maximum atomic E-state index is 13.6. The lowest BCUT2D eigenvalue weighted by atomic mass is 10.1. The average Bonchev–Trinajstić information content (AvgIpc) is 2.98. The molecule has 3 nitrogen and oxygen atoms in total. The van der Waals surface area contributed by atoms with E-state index in [1.165, 1.54) is 10.6 Å². The number of benzene rings is 5. The molecule has 0 aliphatic rings. The highest BCUT2D eigenvalue weighted by Crippen LogP contribution is 2.51. The quantitative estimate of drug-likeness (QED) is 0.180. The number of nitrogens with one attached hydrogen (secondary N) is 1. The van der Waals surface area contributed by atoms with Crippen LogP contribution in [0.5, 0.6) is 0 Å². The van der Waals surface area contributed by atoms with E-state index in [-0.39, 0.29) is 10.6 Å². The van der Waals surface area contributed by atoms with E-state index in [4.69, 9.17) is 11.6 Å². The van der Waals surface area contributed by atoms with Crippen molar-refractivity contribution in [2.45, 2.75) is 17.5 Å². The maximum absolute atomic E-state index is 13.6. The van der Waals surface area contributed by atoms with Crippen LogP contribution in [0.25, 0.3) is 5.70 Å². The Kier molecular flexibility index (Phi) is 8.81. The number of hydrogen-bond donors (Lipinski definition) is 1. The largest absolute Gasteiger partial charge is 0.279 e. The second-order valence-electron chi connectivity index (χ2n) is 9.41. The fourth-order valence-corrected chi connectivity index (χ4v) is 8.51. The second-order valence-corrected chi connectivity index (χ2v) is 13.9. The first-order chi connectivity index (χ1) is 19.4. The van der Waals surface area contributed by atoms with E-state index in [9.17, 15) is 8.42 Å². The molecule has 0 aromatic heterocycles. The summed E-state index contributed by atoms with van der Waals surface area (Å²) in [5.41, 5.74) is 3.12. The normalized spacial score (nSPS) is 12.7. The highest BCUT2D eigenvalue weighted by Gasteiger charge is 2.27. The van der Waals surface area contributed by atoms with E-state index < -0.39 is 17.9 Å². The number of sulfonamides is 1. The summed E-state index contributed by atoms with van der Waals surface area (Å²) in [7, 11) is -4.85. The fourth-order valence-electron chi connectivity index (χ4n) is 4.54. The average molecular weight is 582 g/mol. The van der Waals surface area contributed by atoms with Gasteiger partial charge in [-0.25, -0.2) is 8.42 Å². The van der Waals surface area contributed by atoms with Crippen LogP contribution in [-0.2, 0) is 10.0 Å². The van der Waals surface area contributed by atoms with Crippen LogP contribution in [0.1, 0.15) is 22.3 Å². The predicted molar refractivity (Wildman–Crippen MR) is 169 cm³/mol. The van der Waals surface area contributed by atoms with Gasteiger partial charge in [-0.3, -0.25) is 4.72 Å². The lowest BCUT2D eigenvalue weighted by Crippen LogP contribution is -2.24. The summed E-state index contributed by atoms with van der Waals surface area (Å²) in [6.45, 7) is 1.93. The van der Waals surface area contributed by atoms with Crippen LogP contribution in [0.4, 0.5) is 0 Å². The fraction of sp³-hybridized carbons (Fsp3) is 0.0588. The molecule has 0 heterocycles. The van der Waals surface area contributed by atoms with E-state index in [1.807, 2.05) is 91.9 Å². The second kappa shape index (κ2) is 12.7. The molecule has 5 aromatic rings. The maximum Gasteiger partial charge on any atom is 0.261 e. The van der Waals surface area contributed by atoms with E-state index >= 15 is 0 Å². The van der Waals surface area contributed by atoms with Crippen LogP contribution in [0.3, 0.4) is 0 Å². The minimum atomic E-state index is -3.85. The van der Waals surface area contributed by atoms with Crippen molar-refractivity contribution >= 4 is 45.9 Å². The standard InChI is InChI=1S/C34H29ClNO2PS/c1-26-20-22-32(23-21-26)40(37,38)36-33(27-12-5-2-6-13-27)25-34(28-14-11-15-29(35)24-28)39(30-16-7-3-8-17-30)31-18-9-4-10-19-31/h2-25,34,36H,1H3/b33-25-/t34-/m1/s1. The van der Waals surface area contributed by atoms with E-state index in [0.29, 0.717) is 10.7 Å². The minimum absolute atomic E-state index is 0.186. The molecule has 0 unspecified atom stereocenters. The summed E-state index contributed by atoms with van der Waals surface area (Å²) < 4.78 is 30.2. The molecule has 1 atom stereocenters. The van der Waals surface area contributed by atoms with Gasteiger partial charge in [0, 0.05) is 10.7 Å². The zero-order chi connectivity index (χ0) is 28.0. The molecule has 40 heavy (non-hydrogen) atoms. The van der Waals surface area contributed by atoms with Gasteiger partial charge in [0.2, 0.25) is 0 Å². The molecule has 0 spiro atoms. The van der Waals surface area contributed by atoms with Crippen molar-refractivity contribution in [1.82, 2.24) is 4.72 Å².